The summed E-state index contributed by atoms with van der Waals surface area (Å²) in [6, 6.07) is 12.6. The van der Waals surface area contributed by atoms with Crippen molar-refractivity contribution in [3.05, 3.63) is 59.1 Å². The predicted octanol–water partition coefficient (Wildman–Crippen LogP) is 5.29. The number of methoxy groups -OCH3 is 1. The molecular weight excluding hydrogens is 446 g/mol. The summed E-state index contributed by atoms with van der Waals surface area (Å²) in [5.41, 5.74) is 3.38. The fourth-order valence-electron chi connectivity index (χ4n) is 2.98. The second kappa shape index (κ2) is 9.75. The molecular formula is C22H21N5O3S2. The zero-order valence-corrected chi connectivity index (χ0v) is 19.1. The number of thiazole rings is 2. The molecule has 164 valence electrons. The molecule has 0 saturated heterocycles. The van der Waals surface area contributed by atoms with E-state index in [0.29, 0.717) is 28.1 Å². The van der Waals surface area contributed by atoms with Crippen LogP contribution in [0.15, 0.2) is 47.8 Å². The molecule has 3 amide bonds. The minimum absolute atomic E-state index is 0.124. The van der Waals surface area contributed by atoms with Gasteiger partial charge in [-0.05, 0) is 49.2 Å². The molecule has 4 aromatic rings. The molecule has 0 atom stereocenters. The fourth-order valence-corrected chi connectivity index (χ4v) is 4.68. The zero-order chi connectivity index (χ0) is 22.5. The maximum atomic E-state index is 12.3. The van der Waals surface area contributed by atoms with Gasteiger partial charge >= 0.3 is 6.03 Å². The maximum Gasteiger partial charge on any atom is 0.325 e. The minimum atomic E-state index is -0.389. The molecule has 0 aliphatic carbocycles. The van der Waals surface area contributed by atoms with E-state index in [4.69, 9.17) is 4.74 Å². The summed E-state index contributed by atoms with van der Waals surface area (Å²) in [6.07, 6.45) is 0.740. The Morgan fingerprint density at radius 3 is 2.56 bits per heavy atom. The van der Waals surface area contributed by atoms with Gasteiger partial charge in [-0.2, -0.15) is 0 Å². The summed E-state index contributed by atoms with van der Waals surface area (Å²) < 4.78 is 6.14. The third-order valence-corrected chi connectivity index (χ3v) is 6.34. The topological polar surface area (TPSA) is 105 Å². The Labute approximate surface area is 192 Å². The smallest absolute Gasteiger partial charge is 0.325 e. The molecule has 0 radical (unpaired) electrons. The number of ether oxygens (including phenoxy) is 1. The zero-order valence-electron chi connectivity index (χ0n) is 17.5. The average Bonchev–Trinajstić information content (AvgIpc) is 3.40. The van der Waals surface area contributed by atoms with Crippen LogP contribution < -0.4 is 20.7 Å². The second-order valence-corrected chi connectivity index (χ2v) is 8.83. The van der Waals surface area contributed by atoms with Crippen molar-refractivity contribution in [2.45, 2.75) is 19.8 Å². The van der Waals surface area contributed by atoms with Gasteiger partial charge in [0, 0.05) is 17.5 Å². The number of urea groups is 1. The molecule has 10 heteroatoms. The lowest BCUT2D eigenvalue weighted by Gasteiger charge is -2.06. The van der Waals surface area contributed by atoms with Crippen LogP contribution in [0.5, 0.6) is 5.75 Å². The van der Waals surface area contributed by atoms with Crippen molar-refractivity contribution in [3.63, 3.8) is 0 Å². The number of carbonyl (C=O) groups is 2. The standard InChI is InChI=1S/C22H21N5O3S2/c1-13-4-3-5-17-19(13)26-22(32-17)25-18(28)11-8-15-12-31-21(24-15)27-20(29)23-14-6-9-16(30-2)10-7-14/h3-7,9-10,12H,8,11H2,1-2H3,(H,25,26,28)(H2,23,24,27,29). The molecule has 0 aliphatic heterocycles. The number of hydrogen-bond donors (Lipinski definition) is 3. The van der Waals surface area contributed by atoms with E-state index in [-0.39, 0.29) is 18.4 Å². The molecule has 4 rings (SSSR count). The Balaban J connectivity index is 1.26. The number of anilines is 3. The third-order valence-electron chi connectivity index (χ3n) is 4.60. The molecule has 0 fully saturated rings. The number of para-hydroxylation sites is 1. The molecule has 0 spiro atoms. The lowest BCUT2D eigenvalue weighted by atomic mass is 10.2. The van der Waals surface area contributed by atoms with E-state index in [1.165, 1.54) is 22.7 Å². The maximum absolute atomic E-state index is 12.3. The van der Waals surface area contributed by atoms with Crippen molar-refractivity contribution >= 4 is 60.8 Å². The quantitative estimate of drug-likeness (QED) is 0.343. The molecule has 2 aromatic heterocycles. The number of aryl methyl sites for hydroxylation is 2. The molecule has 32 heavy (non-hydrogen) atoms. The molecule has 3 N–H and O–H groups in total. The van der Waals surface area contributed by atoms with Gasteiger partial charge in [-0.1, -0.05) is 23.5 Å². The number of rotatable bonds is 7. The van der Waals surface area contributed by atoms with Gasteiger partial charge in [0.2, 0.25) is 5.91 Å². The summed E-state index contributed by atoms with van der Waals surface area (Å²) in [5.74, 6) is 0.587. The van der Waals surface area contributed by atoms with Crippen LogP contribution in [-0.2, 0) is 11.2 Å². The number of amides is 3. The first-order valence-electron chi connectivity index (χ1n) is 9.82. The van der Waals surface area contributed by atoms with Gasteiger partial charge < -0.3 is 15.4 Å². The van der Waals surface area contributed by atoms with Crippen molar-refractivity contribution in [2.24, 2.45) is 0 Å². The summed E-state index contributed by atoms with van der Waals surface area (Å²) in [5, 5.41) is 11.2. The first kappa shape index (κ1) is 21.7. The first-order chi connectivity index (χ1) is 15.5. The van der Waals surface area contributed by atoms with Crippen LogP contribution in [0, 0.1) is 6.92 Å². The molecule has 2 heterocycles. The SMILES string of the molecule is COc1ccc(NC(=O)Nc2nc(CCC(=O)Nc3nc4c(C)cccc4s3)cs2)cc1. The van der Waals surface area contributed by atoms with Crippen molar-refractivity contribution in [1.29, 1.82) is 0 Å². The minimum Gasteiger partial charge on any atom is -0.497 e. The van der Waals surface area contributed by atoms with Crippen LogP contribution >= 0.6 is 22.7 Å². The third kappa shape index (κ3) is 5.40. The van der Waals surface area contributed by atoms with E-state index in [1.807, 2.05) is 30.5 Å². The van der Waals surface area contributed by atoms with Crippen molar-refractivity contribution in [2.75, 3.05) is 23.1 Å². The highest BCUT2D eigenvalue weighted by molar-refractivity contribution is 7.22. The molecule has 0 unspecified atom stereocenters. The summed E-state index contributed by atoms with van der Waals surface area (Å²) in [6.45, 7) is 2.00. The van der Waals surface area contributed by atoms with Crippen LogP contribution in [0.1, 0.15) is 17.7 Å². The van der Waals surface area contributed by atoms with Crippen LogP contribution in [0.25, 0.3) is 10.2 Å². The van der Waals surface area contributed by atoms with Crippen LogP contribution in [-0.4, -0.2) is 29.0 Å². The number of nitrogens with one attached hydrogen (secondary N) is 3. The number of carbonyl (C=O) groups excluding carboxylic acids is 2. The lowest BCUT2D eigenvalue weighted by molar-refractivity contribution is -0.116. The average molecular weight is 468 g/mol. The summed E-state index contributed by atoms with van der Waals surface area (Å²) in [4.78, 5) is 33.4. The summed E-state index contributed by atoms with van der Waals surface area (Å²) in [7, 11) is 1.58. The highest BCUT2D eigenvalue weighted by Crippen LogP contribution is 2.28. The Bertz CT molecular complexity index is 1250. The van der Waals surface area contributed by atoms with Gasteiger partial charge in [0.1, 0.15) is 5.75 Å². The normalized spacial score (nSPS) is 10.7. The van der Waals surface area contributed by atoms with Gasteiger partial charge in [0.05, 0.1) is 23.0 Å². The number of nitrogens with zero attached hydrogens (tertiary/aromatic N) is 2. The van der Waals surface area contributed by atoms with Gasteiger partial charge in [0.15, 0.2) is 10.3 Å². The van der Waals surface area contributed by atoms with E-state index in [1.54, 1.807) is 31.4 Å². The van der Waals surface area contributed by atoms with Crippen LogP contribution in [0.2, 0.25) is 0 Å². The molecule has 8 nitrogen and oxygen atoms in total. The van der Waals surface area contributed by atoms with E-state index in [2.05, 4.69) is 25.9 Å². The van der Waals surface area contributed by atoms with Gasteiger partial charge in [-0.25, -0.2) is 14.8 Å². The van der Waals surface area contributed by atoms with E-state index in [9.17, 15) is 9.59 Å². The number of aromatic nitrogens is 2. The second-order valence-electron chi connectivity index (χ2n) is 6.94. The van der Waals surface area contributed by atoms with Gasteiger partial charge in [-0.3, -0.25) is 10.1 Å². The molecule has 2 aromatic carbocycles. The monoisotopic (exact) mass is 467 g/mol. The summed E-state index contributed by atoms with van der Waals surface area (Å²) >= 11 is 2.77. The van der Waals surface area contributed by atoms with Crippen molar-refractivity contribution in [3.8, 4) is 5.75 Å². The predicted molar refractivity (Wildman–Crippen MR) is 129 cm³/mol. The van der Waals surface area contributed by atoms with E-state index in [0.717, 1.165) is 21.5 Å². The van der Waals surface area contributed by atoms with Crippen molar-refractivity contribution < 1.29 is 14.3 Å². The highest BCUT2D eigenvalue weighted by atomic mass is 32.1. The highest BCUT2D eigenvalue weighted by Gasteiger charge is 2.11. The Morgan fingerprint density at radius 1 is 1.00 bits per heavy atom. The van der Waals surface area contributed by atoms with E-state index >= 15 is 0 Å². The number of benzene rings is 2. The number of fused-ring (bicyclic) bond motifs is 1. The lowest BCUT2D eigenvalue weighted by Crippen LogP contribution is -2.19. The molecule has 0 aliphatic rings. The van der Waals surface area contributed by atoms with Crippen LogP contribution in [0.4, 0.5) is 20.7 Å². The fraction of sp³-hybridized carbons (Fsp3) is 0.182. The Morgan fingerprint density at radius 2 is 1.81 bits per heavy atom. The Hall–Kier alpha value is -3.50. The van der Waals surface area contributed by atoms with Gasteiger partial charge in [0.25, 0.3) is 0 Å². The van der Waals surface area contributed by atoms with E-state index < -0.39 is 0 Å². The number of hydrogen-bond acceptors (Lipinski definition) is 7. The van der Waals surface area contributed by atoms with Gasteiger partial charge in [-0.15, -0.1) is 11.3 Å². The first-order valence-corrected chi connectivity index (χ1v) is 11.5. The van der Waals surface area contributed by atoms with Crippen molar-refractivity contribution in [1.82, 2.24) is 9.97 Å². The largest absolute Gasteiger partial charge is 0.497 e. The van der Waals surface area contributed by atoms with Crippen LogP contribution in [0.3, 0.4) is 0 Å². The molecule has 0 bridgehead atoms. The Kier molecular flexibility index (Phi) is 6.62. The molecule has 0 saturated carbocycles.